The van der Waals surface area contributed by atoms with Crippen LogP contribution in [0.25, 0.3) is 16.8 Å². The summed E-state index contributed by atoms with van der Waals surface area (Å²) >= 11 is 0. The number of carbonyl (C=O) groups is 1. The van der Waals surface area contributed by atoms with Gasteiger partial charge in [0.15, 0.2) is 0 Å². The highest BCUT2D eigenvalue weighted by atomic mass is 19.1. The third-order valence-corrected chi connectivity index (χ3v) is 9.25. The second kappa shape index (κ2) is 12.0. The summed E-state index contributed by atoms with van der Waals surface area (Å²) in [6.45, 7) is 4.34. The highest BCUT2D eigenvalue weighted by Crippen LogP contribution is 2.39. The summed E-state index contributed by atoms with van der Waals surface area (Å²) in [7, 11) is 0. The summed E-state index contributed by atoms with van der Waals surface area (Å²) in [5.41, 5.74) is 8.49. The van der Waals surface area contributed by atoms with Gasteiger partial charge in [-0.25, -0.2) is 18.3 Å². The van der Waals surface area contributed by atoms with Crippen LogP contribution in [0.2, 0.25) is 0 Å². The van der Waals surface area contributed by atoms with Crippen LogP contribution < -0.4 is 11.1 Å². The summed E-state index contributed by atoms with van der Waals surface area (Å²) in [6.07, 6.45) is 7.98. The van der Waals surface area contributed by atoms with Gasteiger partial charge in [0.1, 0.15) is 17.5 Å². The lowest BCUT2D eigenvalue weighted by molar-refractivity contribution is -0.120. The van der Waals surface area contributed by atoms with Crippen molar-refractivity contribution in [3.8, 4) is 17.3 Å². The van der Waals surface area contributed by atoms with Crippen molar-refractivity contribution in [3.05, 3.63) is 83.1 Å². The molecule has 4 heterocycles. The Bertz CT molecular complexity index is 1710. The lowest BCUT2D eigenvalue weighted by Gasteiger charge is -2.39. The van der Waals surface area contributed by atoms with E-state index < -0.39 is 17.0 Å². The van der Waals surface area contributed by atoms with E-state index in [1.54, 1.807) is 29.0 Å². The third-order valence-electron chi connectivity index (χ3n) is 9.25. The van der Waals surface area contributed by atoms with E-state index in [1.807, 2.05) is 12.3 Å². The van der Waals surface area contributed by atoms with Crippen molar-refractivity contribution >= 4 is 11.4 Å². The number of benzene rings is 1. The summed E-state index contributed by atoms with van der Waals surface area (Å²) in [5.74, 6) is -0.667. The van der Waals surface area contributed by atoms with Gasteiger partial charge >= 0.3 is 0 Å². The molecule has 1 aliphatic heterocycles. The molecular formula is C33H35F2N7O2. The highest BCUT2D eigenvalue weighted by Gasteiger charge is 2.37. The molecule has 1 aliphatic carbocycles. The fraction of sp³-hybridized carbons (Fsp3) is 0.424. The topological polar surface area (TPSA) is 131 Å². The molecule has 4 atom stereocenters. The van der Waals surface area contributed by atoms with Crippen LogP contribution in [-0.4, -0.2) is 50.8 Å². The predicted octanol–water partition coefficient (Wildman–Crippen LogP) is 4.58. The molecule has 44 heavy (non-hydrogen) atoms. The number of ether oxygens (including phenoxy) is 1. The van der Waals surface area contributed by atoms with Crippen molar-refractivity contribution in [2.45, 2.75) is 69.4 Å². The molecule has 228 valence electrons. The van der Waals surface area contributed by atoms with Crippen molar-refractivity contribution in [1.29, 1.82) is 5.26 Å². The second-order valence-electron chi connectivity index (χ2n) is 12.1. The van der Waals surface area contributed by atoms with Crippen LogP contribution in [0, 0.1) is 28.9 Å². The molecule has 2 aliphatic rings. The molecule has 9 nitrogen and oxygen atoms in total. The van der Waals surface area contributed by atoms with E-state index in [1.165, 1.54) is 19.1 Å². The molecule has 3 N–H and O–H groups in total. The Labute approximate surface area is 254 Å². The van der Waals surface area contributed by atoms with E-state index in [-0.39, 0.29) is 41.1 Å². The van der Waals surface area contributed by atoms with E-state index in [0.717, 1.165) is 17.5 Å². The molecule has 2 fully saturated rings. The number of aromatic nitrogens is 4. The molecule has 11 heteroatoms. The number of pyridine rings is 1. The zero-order valence-corrected chi connectivity index (χ0v) is 24.8. The van der Waals surface area contributed by atoms with E-state index >= 15 is 8.78 Å². The van der Waals surface area contributed by atoms with E-state index in [4.69, 9.17) is 10.5 Å². The Balaban J connectivity index is 1.30. The van der Waals surface area contributed by atoms with Crippen LogP contribution in [0.3, 0.4) is 0 Å². The maximum Gasteiger partial charge on any atom is 0.217 e. The van der Waals surface area contributed by atoms with Gasteiger partial charge in [0, 0.05) is 51.0 Å². The molecule has 1 aromatic carbocycles. The van der Waals surface area contributed by atoms with Gasteiger partial charge < -0.3 is 15.8 Å². The van der Waals surface area contributed by atoms with Crippen molar-refractivity contribution < 1.29 is 18.3 Å². The Morgan fingerprint density at radius 2 is 1.93 bits per heavy atom. The van der Waals surface area contributed by atoms with Crippen LogP contribution >= 0.6 is 0 Å². The molecule has 0 unspecified atom stereocenters. The van der Waals surface area contributed by atoms with Gasteiger partial charge in [-0.1, -0.05) is 6.92 Å². The van der Waals surface area contributed by atoms with Gasteiger partial charge in [0.05, 0.1) is 34.5 Å². The molecule has 1 saturated carbocycles. The summed E-state index contributed by atoms with van der Waals surface area (Å²) in [4.78, 5) is 20.7. The highest BCUT2D eigenvalue weighted by molar-refractivity contribution is 5.73. The Morgan fingerprint density at radius 1 is 1.18 bits per heavy atom. The Morgan fingerprint density at radius 3 is 2.61 bits per heavy atom. The minimum Gasteiger partial charge on any atom is -0.381 e. The molecule has 0 radical (unpaired) electrons. The lowest BCUT2D eigenvalue weighted by Crippen LogP contribution is -2.54. The van der Waals surface area contributed by atoms with Crippen LogP contribution in [0.5, 0.6) is 0 Å². The number of rotatable bonds is 6. The summed E-state index contributed by atoms with van der Waals surface area (Å²) in [5, 5.41) is 17.5. The fourth-order valence-corrected chi connectivity index (χ4v) is 6.95. The SMILES string of the molecule is CC(=O)N[C@@H]1[C@H](N)C[C@H](c2ccncc2Cc2ncc3ccc(-c4c(F)cc(C5(C#N)CCOCC5)cc4F)nn23)C[C@@H]1C. The van der Waals surface area contributed by atoms with Crippen molar-refractivity contribution in [2.24, 2.45) is 11.7 Å². The van der Waals surface area contributed by atoms with Crippen LogP contribution in [0.4, 0.5) is 8.78 Å². The molecule has 0 bridgehead atoms. The molecular weight excluding hydrogens is 564 g/mol. The average Bonchev–Trinajstić information content (AvgIpc) is 3.41. The number of nitrogens with one attached hydrogen (secondary N) is 1. The third kappa shape index (κ3) is 5.55. The Hall–Kier alpha value is -4.27. The molecule has 0 spiro atoms. The van der Waals surface area contributed by atoms with Gasteiger partial charge in [-0.05, 0) is 84.5 Å². The minimum atomic E-state index is -0.986. The number of amides is 1. The minimum absolute atomic E-state index is 0.0788. The zero-order chi connectivity index (χ0) is 31.0. The fourth-order valence-electron chi connectivity index (χ4n) is 6.95. The maximum absolute atomic E-state index is 15.6. The van der Waals surface area contributed by atoms with Crippen LogP contribution in [0.15, 0.2) is 48.9 Å². The molecule has 4 aromatic rings. The number of imidazole rings is 1. The first kappa shape index (κ1) is 29.8. The largest absolute Gasteiger partial charge is 0.381 e. The van der Waals surface area contributed by atoms with Gasteiger partial charge in [-0.3, -0.25) is 9.78 Å². The van der Waals surface area contributed by atoms with Gasteiger partial charge in [0.25, 0.3) is 0 Å². The number of hydrogen-bond acceptors (Lipinski definition) is 7. The number of halogens is 2. The monoisotopic (exact) mass is 599 g/mol. The number of nitrogens with two attached hydrogens (primary N) is 1. The van der Waals surface area contributed by atoms with E-state index in [0.29, 0.717) is 55.8 Å². The number of carbonyl (C=O) groups excluding carboxylic acids is 1. The first-order valence-electron chi connectivity index (χ1n) is 15.0. The number of nitriles is 1. The van der Waals surface area contributed by atoms with Crippen LogP contribution in [-0.2, 0) is 21.4 Å². The lowest BCUT2D eigenvalue weighted by atomic mass is 9.72. The molecule has 1 amide bonds. The van der Waals surface area contributed by atoms with E-state index in [2.05, 4.69) is 33.4 Å². The predicted molar refractivity (Wildman–Crippen MR) is 159 cm³/mol. The number of nitrogens with zero attached hydrogens (tertiary/aromatic N) is 5. The molecule has 3 aromatic heterocycles. The standard InChI is InChI=1S/C33H35F2N7O2/c1-19-11-21(12-28(37)32(19)40-20(2)43)25-5-8-38-16-22(25)13-30-39-17-24-3-4-29(41-42(24)30)31-26(34)14-23(15-27(31)35)33(18-36)6-9-44-10-7-33/h3-5,8,14-17,19,21,28,32H,6-7,9-13,37H2,1-2H3,(H,40,43)/t19-,21+,28+,32-/m0/s1. The number of fused-ring (bicyclic) bond motifs is 1. The first-order chi connectivity index (χ1) is 21.2. The second-order valence-corrected chi connectivity index (χ2v) is 12.1. The normalized spacial score (nSPS) is 23.3. The molecule has 1 saturated heterocycles. The van der Waals surface area contributed by atoms with Crippen molar-refractivity contribution in [2.75, 3.05) is 13.2 Å². The van der Waals surface area contributed by atoms with E-state index in [9.17, 15) is 10.1 Å². The zero-order valence-electron chi connectivity index (χ0n) is 24.8. The number of hydrogen-bond donors (Lipinski definition) is 2. The summed E-state index contributed by atoms with van der Waals surface area (Å²) < 4.78 is 38.1. The average molecular weight is 600 g/mol. The maximum atomic E-state index is 15.6. The quantitative estimate of drug-likeness (QED) is 0.332. The first-order valence-corrected chi connectivity index (χ1v) is 15.0. The van der Waals surface area contributed by atoms with Crippen LogP contribution in [0.1, 0.15) is 68.0 Å². The van der Waals surface area contributed by atoms with Crippen molar-refractivity contribution in [3.63, 3.8) is 0 Å². The van der Waals surface area contributed by atoms with Gasteiger partial charge in [-0.2, -0.15) is 10.4 Å². The molecule has 6 rings (SSSR count). The smallest absolute Gasteiger partial charge is 0.217 e. The summed E-state index contributed by atoms with van der Waals surface area (Å²) in [6, 6.07) is 9.82. The Kier molecular flexibility index (Phi) is 8.14. The van der Waals surface area contributed by atoms with Gasteiger partial charge in [-0.15, -0.1) is 0 Å². The van der Waals surface area contributed by atoms with Gasteiger partial charge in [0.2, 0.25) is 5.91 Å². The van der Waals surface area contributed by atoms with Crippen molar-refractivity contribution in [1.82, 2.24) is 24.9 Å².